The Labute approximate surface area is 126 Å². The summed E-state index contributed by atoms with van der Waals surface area (Å²) in [5.41, 5.74) is 0. The Bertz CT molecular complexity index is 402. The van der Waals surface area contributed by atoms with Gasteiger partial charge in [0.1, 0.15) is 6.04 Å². The van der Waals surface area contributed by atoms with Crippen molar-refractivity contribution in [2.24, 2.45) is 5.92 Å². The van der Waals surface area contributed by atoms with Crippen LogP contribution in [0.15, 0.2) is 0 Å². The molecule has 0 bridgehead atoms. The van der Waals surface area contributed by atoms with Crippen molar-refractivity contribution in [3.8, 4) is 0 Å². The van der Waals surface area contributed by atoms with Crippen LogP contribution >= 0.6 is 0 Å². The molecule has 2 aliphatic rings. The second-order valence-corrected chi connectivity index (χ2v) is 6.62. The molecule has 3 unspecified atom stereocenters. The zero-order chi connectivity index (χ0) is 15.6. The van der Waals surface area contributed by atoms with E-state index < -0.39 is 12.0 Å². The molecule has 0 aromatic heterocycles. The molecule has 3 atom stereocenters. The van der Waals surface area contributed by atoms with Crippen LogP contribution in [0.3, 0.4) is 0 Å². The van der Waals surface area contributed by atoms with Gasteiger partial charge in [0.25, 0.3) is 0 Å². The number of aliphatic carboxylic acids is 1. The summed E-state index contributed by atoms with van der Waals surface area (Å²) in [4.78, 5) is 29.5. The first-order chi connectivity index (χ1) is 9.90. The van der Waals surface area contributed by atoms with Crippen LogP contribution < -0.4 is 0 Å². The van der Waals surface area contributed by atoms with Crippen molar-refractivity contribution in [2.45, 2.75) is 44.7 Å². The van der Waals surface area contributed by atoms with Gasteiger partial charge in [0.15, 0.2) is 0 Å². The first kappa shape index (κ1) is 16.1. The summed E-state index contributed by atoms with van der Waals surface area (Å²) in [6.07, 6.45) is 3.71. The van der Waals surface area contributed by atoms with Crippen LogP contribution in [0.4, 0.5) is 4.79 Å². The van der Waals surface area contributed by atoms with Gasteiger partial charge >= 0.3 is 12.0 Å². The molecule has 2 rings (SSSR count). The predicted molar refractivity (Wildman–Crippen MR) is 80.2 cm³/mol. The molecule has 0 aromatic rings. The van der Waals surface area contributed by atoms with Crippen LogP contribution in [0.5, 0.6) is 0 Å². The van der Waals surface area contributed by atoms with Crippen molar-refractivity contribution in [3.63, 3.8) is 0 Å². The minimum absolute atomic E-state index is 0.144. The van der Waals surface area contributed by atoms with Crippen molar-refractivity contribution in [1.29, 1.82) is 0 Å². The average molecular weight is 297 g/mol. The molecule has 0 radical (unpaired) electrons. The topological polar surface area (TPSA) is 64.1 Å². The van der Waals surface area contributed by atoms with E-state index in [2.05, 4.69) is 18.9 Å². The van der Waals surface area contributed by atoms with Gasteiger partial charge in [-0.25, -0.2) is 9.59 Å². The minimum Gasteiger partial charge on any atom is -0.480 e. The summed E-state index contributed by atoms with van der Waals surface area (Å²) in [6.45, 7) is 4.34. The Morgan fingerprint density at radius 3 is 2.57 bits per heavy atom. The van der Waals surface area contributed by atoms with Gasteiger partial charge in [-0.15, -0.1) is 0 Å². The average Bonchev–Trinajstić information content (AvgIpc) is 2.83. The fraction of sp³-hybridized carbons (Fsp3) is 0.867. The number of amides is 2. The first-order valence-corrected chi connectivity index (χ1v) is 7.85. The molecule has 1 N–H and O–H groups in total. The van der Waals surface area contributed by atoms with Gasteiger partial charge in [-0.2, -0.15) is 0 Å². The standard InChI is InChI=1S/C15H27N3O3/c1-11-6-8-18(13(9-11)14(19)20)15(21)17(3)10-12-5-4-7-16(12)2/h11-13H,4-10H2,1-3H3,(H,19,20). The Hall–Kier alpha value is -1.30. The molecule has 2 fully saturated rings. The van der Waals surface area contributed by atoms with E-state index in [-0.39, 0.29) is 6.03 Å². The molecule has 0 spiro atoms. The normalized spacial score (nSPS) is 30.4. The fourth-order valence-corrected chi connectivity index (χ4v) is 3.43. The molecule has 2 saturated heterocycles. The number of likely N-dealkylation sites (N-methyl/N-ethyl adjacent to an activating group) is 2. The third-order valence-electron chi connectivity index (χ3n) is 4.88. The highest BCUT2D eigenvalue weighted by Gasteiger charge is 2.36. The lowest BCUT2D eigenvalue weighted by molar-refractivity contribution is -0.144. The summed E-state index contributed by atoms with van der Waals surface area (Å²) >= 11 is 0. The van der Waals surface area contributed by atoms with E-state index in [1.54, 1.807) is 11.9 Å². The first-order valence-electron chi connectivity index (χ1n) is 7.85. The molecule has 2 aliphatic heterocycles. The second-order valence-electron chi connectivity index (χ2n) is 6.62. The number of nitrogens with zero attached hydrogens (tertiary/aromatic N) is 3. The zero-order valence-electron chi connectivity index (χ0n) is 13.3. The van der Waals surface area contributed by atoms with Crippen molar-refractivity contribution in [1.82, 2.24) is 14.7 Å². The molecule has 21 heavy (non-hydrogen) atoms. The minimum atomic E-state index is -0.888. The van der Waals surface area contributed by atoms with E-state index in [1.807, 2.05) is 0 Å². The van der Waals surface area contributed by atoms with E-state index in [0.717, 1.165) is 19.4 Å². The Kier molecular flexibility index (Phi) is 5.08. The number of carbonyl (C=O) groups excluding carboxylic acids is 1. The van der Waals surface area contributed by atoms with Gasteiger partial charge in [-0.1, -0.05) is 6.92 Å². The second kappa shape index (κ2) is 6.64. The maximum absolute atomic E-state index is 12.6. The third kappa shape index (κ3) is 3.67. The summed E-state index contributed by atoms with van der Waals surface area (Å²) in [6, 6.07) is -0.425. The van der Waals surface area contributed by atoms with Crippen LogP contribution in [-0.4, -0.2) is 77.6 Å². The summed E-state index contributed by atoms with van der Waals surface area (Å²) < 4.78 is 0. The number of urea groups is 1. The lowest BCUT2D eigenvalue weighted by Gasteiger charge is -2.39. The van der Waals surface area contributed by atoms with Gasteiger partial charge in [0, 0.05) is 26.2 Å². The number of carbonyl (C=O) groups is 2. The predicted octanol–water partition coefficient (Wildman–Crippen LogP) is 1.32. The summed E-state index contributed by atoms with van der Waals surface area (Å²) in [7, 11) is 3.87. The monoisotopic (exact) mass is 297 g/mol. The number of carboxylic acid groups (broad SMARTS) is 1. The number of hydrogen-bond acceptors (Lipinski definition) is 3. The van der Waals surface area contributed by atoms with Crippen LogP contribution in [0.1, 0.15) is 32.6 Å². The van der Waals surface area contributed by atoms with Gasteiger partial charge < -0.3 is 19.8 Å². The van der Waals surface area contributed by atoms with Crippen LogP contribution in [0.25, 0.3) is 0 Å². The van der Waals surface area contributed by atoms with Gasteiger partial charge in [0.05, 0.1) is 0 Å². The molecule has 2 heterocycles. The number of likely N-dealkylation sites (tertiary alicyclic amines) is 2. The quantitative estimate of drug-likeness (QED) is 0.853. The largest absolute Gasteiger partial charge is 0.480 e. The molecule has 6 nitrogen and oxygen atoms in total. The molecular weight excluding hydrogens is 270 g/mol. The van der Waals surface area contributed by atoms with E-state index in [9.17, 15) is 14.7 Å². The van der Waals surface area contributed by atoms with Gasteiger partial charge in [-0.3, -0.25) is 0 Å². The maximum atomic E-state index is 12.6. The molecular formula is C15H27N3O3. The highest BCUT2D eigenvalue weighted by Crippen LogP contribution is 2.24. The van der Waals surface area contributed by atoms with Crippen LogP contribution in [-0.2, 0) is 4.79 Å². The molecule has 120 valence electrons. The number of rotatable bonds is 3. The molecule has 6 heteroatoms. The molecule has 0 aliphatic carbocycles. The molecule has 0 aromatic carbocycles. The summed E-state index contributed by atoms with van der Waals surface area (Å²) in [5, 5.41) is 9.36. The zero-order valence-corrected chi connectivity index (χ0v) is 13.3. The number of piperidine rings is 1. The van der Waals surface area contributed by atoms with Crippen molar-refractivity contribution in [3.05, 3.63) is 0 Å². The van der Waals surface area contributed by atoms with E-state index in [4.69, 9.17) is 0 Å². The van der Waals surface area contributed by atoms with E-state index >= 15 is 0 Å². The van der Waals surface area contributed by atoms with E-state index in [0.29, 0.717) is 31.5 Å². The Morgan fingerprint density at radius 2 is 2.00 bits per heavy atom. The smallest absolute Gasteiger partial charge is 0.326 e. The fourth-order valence-electron chi connectivity index (χ4n) is 3.43. The Balaban J connectivity index is 1.98. The van der Waals surface area contributed by atoms with Crippen molar-refractivity contribution in [2.75, 3.05) is 33.7 Å². The number of hydrogen-bond donors (Lipinski definition) is 1. The van der Waals surface area contributed by atoms with Crippen LogP contribution in [0.2, 0.25) is 0 Å². The number of carboxylic acids is 1. The van der Waals surface area contributed by atoms with Crippen LogP contribution in [0, 0.1) is 5.92 Å². The van der Waals surface area contributed by atoms with Gasteiger partial charge in [0.2, 0.25) is 0 Å². The highest BCUT2D eigenvalue weighted by atomic mass is 16.4. The summed E-state index contributed by atoms with van der Waals surface area (Å²) in [5.74, 6) is -0.525. The SMILES string of the molecule is CC1CCN(C(=O)N(C)CC2CCCN2C)C(C(=O)O)C1. The maximum Gasteiger partial charge on any atom is 0.326 e. The van der Waals surface area contributed by atoms with Crippen molar-refractivity contribution >= 4 is 12.0 Å². The van der Waals surface area contributed by atoms with Gasteiger partial charge in [-0.05, 0) is 45.2 Å². The van der Waals surface area contributed by atoms with E-state index in [1.165, 1.54) is 11.3 Å². The molecule has 2 amide bonds. The van der Waals surface area contributed by atoms with Crippen molar-refractivity contribution < 1.29 is 14.7 Å². The third-order valence-corrected chi connectivity index (χ3v) is 4.88. The molecule has 0 saturated carbocycles. The lowest BCUT2D eigenvalue weighted by atomic mass is 9.92. The highest BCUT2D eigenvalue weighted by molar-refractivity contribution is 5.82. The Morgan fingerprint density at radius 1 is 1.29 bits per heavy atom. The lowest BCUT2D eigenvalue weighted by Crippen LogP contribution is -2.55.